The fourth-order valence-electron chi connectivity index (χ4n) is 3.61. The maximum Gasteiger partial charge on any atom is 0.274 e. The molecule has 4 rings (SSSR count). The standard InChI is InChI=1S/C18H21N5O/c1-12-10-13(2)23(20-12)15-7-9-21(11-15)18(24)17-14(3)22-8-5-4-6-16(22)19-17/h4-6,8,10,15H,7,9,11H2,1-3H3. The second-order valence-corrected chi connectivity index (χ2v) is 6.54. The van der Waals surface area contributed by atoms with Crippen molar-refractivity contribution in [1.82, 2.24) is 24.1 Å². The van der Waals surface area contributed by atoms with Gasteiger partial charge in [0.25, 0.3) is 5.91 Å². The fourth-order valence-corrected chi connectivity index (χ4v) is 3.61. The molecule has 1 fully saturated rings. The molecule has 0 N–H and O–H groups in total. The van der Waals surface area contributed by atoms with E-state index < -0.39 is 0 Å². The molecule has 0 saturated carbocycles. The summed E-state index contributed by atoms with van der Waals surface area (Å²) in [7, 11) is 0. The topological polar surface area (TPSA) is 55.4 Å². The van der Waals surface area contributed by atoms with Gasteiger partial charge in [0, 0.05) is 25.0 Å². The molecule has 1 aliphatic heterocycles. The van der Waals surface area contributed by atoms with Crippen molar-refractivity contribution in [3.63, 3.8) is 0 Å². The van der Waals surface area contributed by atoms with Crippen molar-refractivity contribution in [3.05, 3.63) is 53.2 Å². The molecule has 24 heavy (non-hydrogen) atoms. The molecule has 6 nitrogen and oxygen atoms in total. The minimum absolute atomic E-state index is 0.0141. The van der Waals surface area contributed by atoms with Crippen LogP contribution in [0.1, 0.15) is 40.0 Å². The summed E-state index contributed by atoms with van der Waals surface area (Å²) in [5.41, 5.74) is 4.43. The minimum Gasteiger partial charge on any atom is -0.335 e. The van der Waals surface area contributed by atoms with Gasteiger partial charge in [-0.3, -0.25) is 9.48 Å². The lowest BCUT2D eigenvalue weighted by atomic mass is 10.2. The summed E-state index contributed by atoms with van der Waals surface area (Å²) in [6, 6.07) is 8.14. The van der Waals surface area contributed by atoms with E-state index in [1.54, 1.807) is 0 Å². The number of imidazole rings is 1. The lowest BCUT2D eigenvalue weighted by Gasteiger charge is -2.16. The molecule has 6 heteroatoms. The zero-order valence-corrected chi connectivity index (χ0v) is 14.2. The first-order valence-corrected chi connectivity index (χ1v) is 8.30. The van der Waals surface area contributed by atoms with Crippen LogP contribution in [0.3, 0.4) is 0 Å². The van der Waals surface area contributed by atoms with E-state index in [0.717, 1.165) is 35.7 Å². The number of fused-ring (bicyclic) bond motifs is 1. The molecule has 0 spiro atoms. The molecule has 1 unspecified atom stereocenters. The highest BCUT2D eigenvalue weighted by Crippen LogP contribution is 2.25. The van der Waals surface area contributed by atoms with Crippen molar-refractivity contribution in [2.24, 2.45) is 0 Å². The van der Waals surface area contributed by atoms with E-state index in [1.807, 2.05) is 47.5 Å². The third-order valence-electron chi connectivity index (χ3n) is 4.81. The monoisotopic (exact) mass is 323 g/mol. The largest absolute Gasteiger partial charge is 0.335 e. The number of carbonyl (C=O) groups is 1. The van der Waals surface area contributed by atoms with Crippen molar-refractivity contribution < 1.29 is 4.79 Å². The number of rotatable bonds is 2. The van der Waals surface area contributed by atoms with Gasteiger partial charge in [-0.1, -0.05) is 6.07 Å². The number of amides is 1. The maximum atomic E-state index is 12.9. The summed E-state index contributed by atoms with van der Waals surface area (Å²) in [6.45, 7) is 7.45. The molecule has 1 atom stereocenters. The van der Waals surface area contributed by atoms with Gasteiger partial charge in [0.1, 0.15) is 11.3 Å². The van der Waals surface area contributed by atoms with Crippen molar-refractivity contribution in [3.8, 4) is 0 Å². The summed E-state index contributed by atoms with van der Waals surface area (Å²) in [4.78, 5) is 19.3. The predicted molar refractivity (Wildman–Crippen MR) is 91.2 cm³/mol. The Morgan fingerprint density at radius 3 is 2.79 bits per heavy atom. The first kappa shape index (κ1) is 14.9. The first-order valence-electron chi connectivity index (χ1n) is 8.30. The molecule has 0 radical (unpaired) electrons. The molecule has 1 aliphatic rings. The zero-order valence-electron chi connectivity index (χ0n) is 14.2. The highest BCUT2D eigenvalue weighted by atomic mass is 16.2. The Morgan fingerprint density at radius 1 is 1.25 bits per heavy atom. The third-order valence-corrected chi connectivity index (χ3v) is 4.81. The van der Waals surface area contributed by atoms with E-state index >= 15 is 0 Å². The van der Waals surface area contributed by atoms with E-state index in [2.05, 4.69) is 27.8 Å². The van der Waals surface area contributed by atoms with Gasteiger partial charge in [0.2, 0.25) is 0 Å². The van der Waals surface area contributed by atoms with Crippen LogP contribution in [-0.4, -0.2) is 43.1 Å². The van der Waals surface area contributed by atoms with E-state index in [4.69, 9.17) is 0 Å². The Morgan fingerprint density at radius 2 is 2.08 bits per heavy atom. The number of carbonyl (C=O) groups excluding carboxylic acids is 1. The normalized spacial score (nSPS) is 17.8. The van der Waals surface area contributed by atoms with Gasteiger partial charge in [-0.25, -0.2) is 4.98 Å². The molecular formula is C18H21N5O. The van der Waals surface area contributed by atoms with Crippen LogP contribution in [0.5, 0.6) is 0 Å². The minimum atomic E-state index is 0.0141. The predicted octanol–water partition coefficient (Wildman–Crippen LogP) is 2.54. The molecule has 0 aliphatic carbocycles. The van der Waals surface area contributed by atoms with Crippen LogP contribution in [0.4, 0.5) is 0 Å². The number of nitrogens with zero attached hydrogens (tertiary/aromatic N) is 5. The average Bonchev–Trinajstić information content (AvgIpc) is 3.25. The molecule has 124 valence electrons. The van der Waals surface area contributed by atoms with Crippen molar-refractivity contribution in [2.45, 2.75) is 33.2 Å². The first-order chi connectivity index (χ1) is 11.5. The van der Waals surface area contributed by atoms with Crippen molar-refractivity contribution in [1.29, 1.82) is 0 Å². The zero-order chi connectivity index (χ0) is 16.8. The molecule has 1 saturated heterocycles. The lowest BCUT2D eigenvalue weighted by molar-refractivity contribution is 0.0781. The van der Waals surface area contributed by atoms with Crippen LogP contribution >= 0.6 is 0 Å². The Bertz CT molecular complexity index is 923. The summed E-state index contributed by atoms with van der Waals surface area (Å²) in [5, 5.41) is 4.57. The van der Waals surface area contributed by atoms with Crippen LogP contribution in [0.25, 0.3) is 5.65 Å². The Hall–Kier alpha value is -2.63. The highest BCUT2D eigenvalue weighted by molar-refractivity contribution is 5.94. The molecule has 3 aromatic heterocycles. The summed E-state index contributed by atoms with van der Waals surface area (Å²) >= 11 is 0. The quantitative estimate of drug-likeness (QED) is 0.728. The van der Waals surface area contributed by atoms with Crippen LogP contribution < -0.4 is 0 Å². The van der Waals surface area contributed by atoms with E-state index in [0.29, 0.717) is 12.2 Å². The van der Waals surface area contributed by atoms with Gasteiger partial charge in [-0.2, -0.15) is 5.10 Å². The molecule has 0 bridgehead atoms. The number of likely N-dealkylation sites (tertiary alicyclic amines) is 1. The number of hydrogen-bond donors (Lipinski definition) is 0. The lowest BCUT2D eigenvalue weighted by Crippen LogP contribution is -2.30. The van der Waals surface area contributed by atoms with E-state index in [1.165, 1.54) is 0 Å². The molecule has 3 aromatic rings. The van der Waals surface area contributed by atoms with Gasteiger partial charge in [0.15, 0.2) is 0 Å². The van der Waals surface area contributed by atoms with Gasteiger partial charge >= 0.3 is 0 Å². The third kappa shape index (κ3) is 2.29. The second-order valence-electron chi connectivity index (χ2n) is 6.54. The van der Waals surface area contributed by atoms with Crippen molar-refractivity contribution >= 4 is 11.6 Å². The Balaban J connectivity index is 1.59. The number of pyridine rings is 1. The van der Waals surface area contributed by atoms with Gasteiger partial charge in [-0.05, 0) is 45.4 Å². The van der Waals surface area contributed by atoms with Crippen LogP contribution in [0.15, 0.2) is 30.5 Å². The average molecular weight is 323 g/mol. The van der Waals surface area contributed by atoms with Gasteiger partial charge in [0.05, 0.1) is 17.4 Å². The molecule has 4 heterocycles. The summed E-state index contributed by atoms with van der Waals surface area (Å²) in [6.07, 6.45) is 2.87. The molecular weight excluding hydrogens is 302 g/mol. The Kier molecular flexibility index (Phi) is 3.40. The smallest absolute Gasteiger partial charge is 0.274 e. The van der Waals surface area contributed by atoms with E-state index in [-0.39, 0.29) is 11.9 Å². The van der Waals surface area contributed by atoms with Crippen LogP contribution in [0.2, 0.25) is 0 Å². The number of aryl methyl sites for hydroxylation is 3. The van der Waals surface area contributed by atoms with Crippen LogP contribution in [0, 0.1) is 20.8 Å². The maximum absolute atomic E-state index is 12.9. The number of hydrogen-bond acceptors (Lipinski definition) is 3. The molecule has 1 amide bonds. The summed E-state index contributed by atoms with van der Waals surface area (Å²) < 4.78 is 4.01. The van der Waals surface area contributed by atoms with Gasteiger partial charge in [-0.15, -0.1) is 0 Å². The SMILES string of the molecule is Cc1cc(C)n(C2CCN(C(=O)c3nc4ccccn4c3C)C2)n1. The van der Waals surface area contributed by atoms with E-state index in [9.17, 15) is 4.79 Å². The Labute approximate surface area is 140 Å². The highest BCUT2D eigenvalue weighted by Gasteiger charge is 2.31. The summed E-state index contributed by atoms with van der Waals surface area (Å²) in [5.74, 6) is 0.0141. The van der Waals surface area contributed by atoms with Crippen molar-refractivity contribution in [2.75, 3.05) is 13.1 Å². The number of aromatic nitrogens is 4. The second kappa shape index (κ2) is 5.47. The van der Waals surface area contributed by atoms with Gasteiger partial charge < -0.3 is 9.30 Å². The van der Waals surface area contributed by atoms with Crippen LogP contribution in [-0.2, 0) is 0 Å². The fraction of sp³-hybridized carbons (Fsp3) is 0.389. The molecule has 0 aromatic carbocycles.